The zero-order valence-electron chi connectivity index (χ0n) is 16.8. The highest BCUT2D eigenvalue weighted by atomic mass is 31.2. The Labute approximate surface area is 181 Å². The number of para-hydroxylation sites is 1. The summed E-state index contributed by atoms with van der Waals surface area (Å²) in [5, 5.41) is 2.61. The van der Waals surface area contributed by atoms with Gasteiger partial charge in [0, 0.05) is 22.3 Å². The van der Waals surface area contributed by atoms with Crippen LogP contribution in [-0.2, 0) is 4.57 Å². The van der Waals surface area contributed by atoms with Crippen LogP contribution in [0.2, 0.25) is 0 Å². The van der Waals surface area contributed by atoms with Gasteiger partial charge in [0.15, 0.2) is 7.14 Å². The minimum atomic E-state index is -3.22. The summed E-state index contributed by atoms with van der Waals surface area (Å²) < 4.78 is 31.1. The van der Waals surface area contributed by atoms with Gasteiger partial charge < -0.3 is 9.13 Å². The quantitative estimate of drug-likeness (QED) is 0.301. The van der Waals surface area contributed by atoms with Crippen molar-refractivity contribution in [2.75, 3.05) is 0 Å². The zero-order valence-corrected chi connectivity index (χ0v) is 17.7. The minimum absolute atomic E-state index is 0.311. The van der Waals surface area contributed by atoms with Crippen molar-refractivity contribution in [1.29, 1.82) is 0 Å². The Morgan fingerprint density at radius 1 is 0.645 bits per heavy atom. The lowest BCUT2D eigenvalue weighted by Crippen LogP contribution is -2.25. The largest absolute Gasteiger partial charge is 0.332 e. The highest BCUT2D eigenvalue weighted by Gasteiger charge is 2.39. The number of hydrogen-bond donors (Lipinski definition) is 0. The van der Waals surface area contributed by atoms with E-state index in [1.807, 2.05) is 97.2 Å². The molecule has 152 valence electrons. The lowest BCUT2D eigenvalue weighted by atomic mass is 10.2. The summed E-state index contributed by atoms with van der Waals surface area (Å²) in [6.45, 7) is 0. The summed E-state index contributed by atoms with van der Waals surface area (Å²) in [6, 6.07) is 35.7. The van der Waals surface area contributed by atoms with Gasteiger partial charge in [0.2, 0.25) is 0 Å². The topological polar surface area (TPSA) is 22.0 Å². The molecule has 0 bridgehead atoms. The fourth-order valence-corrected chi connectivity index (χ4v) is 7.47. The lowest BCUT2D eigenvalue weighted by Gasteiger charge is -2.31. The van der Waals surface area contributed by atoms with Gasteiger partial charge in [-0.2, -0.15) is 0 Å². The van der Waals surface area contributed by atoms with Gasteiger partial charge in [-0.05, 0) is 35.2 Å². The average molecular weight is 425 g/mol. The van der Waals surface area contributed by atoms with E-state index in [0.717, 1.165) is 27.1 Å². The summed E-state index contributed by atoms with van der Waals surface area (Å²) in [5.41, 5.74) is 1.79. The normalized spacial score (nSPS) is 12.7. The van der Waals surface area contributed by atoms with Crippen LogP contribution in [0.3, 0.4) is 0 Å². The molecule has 0 aliphatic rings. The van der Waals surface area contributed by atoms with Gasteiger partial charge in [0.05, 0.1) is 0 Å². The molecule has 0 fully saturated rings. The number of fused-ring (bicyclic) bond motifs is 1. The summed E-state index contributed by atoms with van der Waals surface area (Å²) in [5.74, 6) is -0.827. The first kappa shape index (κ1) is 19.5. The van der Waals surface area contributed by atoms with Crippen molar-refractivity contribution in [1.82, 2.24) is 4.57 Å². The molecule has 0 saturated carbocycles. The van der Waals surface area contributed by atoms with Crippen molar-refractivity contribution in [3.8, 4) is 0 Å². The molecule has 0 radical (unpaired) electrons. The van der Waals surface area contributed by atoms with Crippen LogP contribution in [0.4, 0.5) is 4.39 Å². The van der Waals surface area contributed by atoms with Gasteiger partial charge in [0.1, 0.15) is 11.6 Å². The van der Waals surface area contributed by atoms with Gasteiger partial charge >= 0.3 is 0 Å². The van der Waals surface area contributed by atoms with Crippen molar-refractivity contribution in [3.05, 3.63) is 133 Å². The predicted octanol–water partition coefficient (Wildman–Crippen LogP) is 6.34. The predicted molar refractivity (Wildman–Crippen MR) is 126 cm³/mol. The van der Waals surface area contributed by atoms with Gasteiger partial charge in [-0.1, -0.05) is 91.0 Å². The fourth-order valence-electron chi connectivity index (χ4n) is 4.23. The first-order valence-corrected chi connectivity index (χ1v) is 12.0. The van der Waals surface area contributed by atoms with Crippen LogP contribution in [-0.4, -0.2) is 4.57 Å². The summed E-state index contributed by atoms with van der Waals surface area (Å²) in [7, 11) is -3.22. The van der Waals surface area contributed by atoms with E-state index in [1.165, 1.54) is 12.1 Å². The van der Waals surface area contributed by atoms with Gasteiger partial charge in [-0.3, -0.25) is 0 Å². The van der Waals surface area contributed by atoms with Crippen LogP contribution >= 0.6 is 7.14 Å². The van der Waals surface area contributed by atoms with Crippen molar-refractivity contribution in [3.63, 3.8) is 0 Å². The van der Waals surface area contributed by atoms with E-state index in [-0.39, 0.29) is 5.82 Å². The Hall–Kier alpha value is -3.42. The molecule has 1 heterocycles. The fraction of sp³-hybridized carbons (Fsp3) is 0.0370. The molecule has 0 amide bonds. The Bertz CT molecular complexity index is 1320. The molecule has 0 aliphatic heterocycles. The highest BCUT2D eigenvalue weighted by molar-refractivity contribution is 7.79. The molecule has 0 saturated heterocycles. The van der Waals surface area contributed by atoms with Crippen LogP contribution < -0.4 is 10.6 Å². The third-order valence-electron chi connectivity index (χ3n) is 5.69. The zero-order chi connectivity index (χ0) is 21.3. The third kappa shape index (κ3) is 3.41. The molecule has 5 aromatic rings. The van der Waals surface area contributed by atoms with Crippen LogP contribution in [0, 0.1) is 5.82 Å². The molecular weight excluding hydrogens is 404 g/mol. The second kappa shape index (κ2) is 8.02. The summed E-state index contributed by atoms with van der Waals surface area (Å²) in [6.07, 6.45) is 1.98. The Balaban J connectivity index is 1.85. The second-order valence-corrected chi connectivity index (χ2v) is 10.4. The molecule has 1 atom stereocenters. The molecule has 2 nitrogen and oxygen atoms in total. The number of halogens is 1. The highest BCUT2D eigenvalue weighted by Crippen LogP contribution is 2.58. The lowest BCUT2D eigenvalue weighted by molar-refractivity contribution is 0.571. The van der Waals surface area contributed by atoms with Gasteiger partial charge in [-0.25, -0.2) is 4.39 Å². The third-order valence-corrected chi connectivity index (χ3v) is 9.05. The number of rotatable bonds is 5. The maximum absolute atomic E-state index is 15.2. The first-order chi connectivity index (χ1) is 15.2. The van der Waals surface area contributed by atoms with Crippen molar-refractivity contribution in [2.24, 2.45) is 0 Å². The molecule has 0 aliphatic carbocycles. The van der Waals surface area contributed by atoms with E-state index in [0.29, 0.717) is 0 Å². The van der Waals surface area contributed by atoms with Crippen LogP contribution in [0.15, 0.2) is 121 Å². The molecule has 0 spiro atoms. The number of benzene rings is 4. The molecule has 1 unspecified atom stereocenters. The van der Waals surface area contributed by atoms with E-state index in [9.17, 15) is 4.39 Å². The average Bonchev–Trinajstić information content (AvgIpc) is 3.25. The van der Waals surface area contributed by atoms with Crippen molar-refractivity contribution < 1.29 is 8.96 Å². The Morgan fingerprint density at radius 3 is 1.81 bits per heavy atom. The Kier molecular flexibility index (Phi) is 5.05. The van der Waals surface area contributed by atoms with Crippen LogP contribution in [0.5, 0.6) is 0 Å². The molecule has 4 heteroatoms. The van der Waals surface area contributed by atoms with Crippen molar-refractivity contribution in [2.45, 2.75) is 5.78 Å². The molecular formula is C27H21FNOP. The second-order valence-electron chi connectivity index (χ2n) is 7.54. The first-order valence-electron chi connectivity index (χ1n) is 10.2. The summed E-state index contributed by atoms with van der Waals surface area (Å²) >= 11 is 0. The molecule has 0 N–H and O–H groups in total. The smallest absolute Gasteiger partial charge is 0.169 e. The maximum Gasteiger partial charge on any atom is 0.169 e. The maximum atomic E-state index is 15.2. The molecule has 4 aromatic carbocycles. The molecule has 5 rings (SSSR count). The number of aromatic nitrogens is 1. The van der Waals surface area contributed by atoms with E-state index >= 15 is 4.57 Å². The Morgan fingerprint density at radius 2 is 1.19 bits per heavy atom. The van der Waals surface area contributed by atoms with E-state index in [2.05, 4.69) is 4.57 Å². The molecule has 1 aromatic heterocycles. The van der Waals surface area contributed by atoms with Gasteiger partial charge in [0.25, 0.3) is 0 Å². The number of nitrogens with zero attached hydrogens (tertiary/aromatic N) is 1. The number of hydrogen-bond acceptors (Lipinski definition) is 1. The van der Waals surface area contributed by atoms with Gasteiger partial charge in [-0.15, -0.1) is 0 Å². The minimum Gasteiger partial charge on any atom is -0.332 e. The summed E-state index contributed by atoms with van der Waals surface area (Å²) in [4.78, 5) is 0. The monoisotopic (exact) mass is 425 g/mol. The van der Waals surface area contributed by atoms with Crippen molar-refractivity contribution >= 4 is 28.7 Å². The molecule has 31 heavy (non-hydrogen) atoms. The van der Waals surface area contributed by atoms with E-state index in [4.69, 9.17) is 0 Å². The SMILES string of the molecule is O=P(c1ccccc1)(c1ccccc1)C(c1ccc(F)cc1)n1ccc2ccccc21. The van der Waals surface area contributed by atoms with Crippen LogP contribution in [0.25, 0.3) is 10.9 Å². The van der Waals surface area contributed by atoms with Crippen LogP contribution in [0.1, 0.15) is 11.3 Å². The van der Waals surface area contributed by atoms with E-state index < -0.39 is 12.9 Å². The standard InChI is InChI=1S/C27H21FNOP/c28-23-17-15-22(16-18-23)27(29-20-19-21-9-7-8-14-26(21)29)31(30,24-10-3-1-4-11-24)25-12-5-2-6-13-25/h1-20,27H. The van der Waals surface area contributed by atoms with E-state index in [1.54, 1.807) is 12.1 Å².